The number of methoxy groups -OCH3 is 1. The third-order valence-electron chi connectivity index (χ3n) is 3.14. The summed E-state index contributed by atoms with van der Waals surface area (Å²) in [6.07, 6.45) is 0. The number of benzene rings is 1. The van der Waals surface area contributed by atoms with E-state index in [2.05, 4.69) is 5.32 Å². The number of carbonyl (C=O) groups is 1. The second-order valence-corrected chi connectivity index (χ2v) is 5.55. The molecule has 1 heterocycles. The van der Waals surface area contributed by atoms with Crippen molar-refractivity contribution in [3.05, 3.63) is 30.0 Å². The zero-order valence-corrected chi connectivity index (χ0v) is 12.4. The Kier molecular flexibility index (Phi) is 3.72. The highest BCUT2D eigenvalue weighted by molar-refractivity contribution is 6.04. The zero-order chi connectivity index (χ0) is 14.9. The zero-order valence-electron chi connectivity index (χ0n) is 12.4. The number of ether oxygens (including phenoxy) is 1. The largest absolute Gasteiger partial charge is 0.494 e. The molecule has 0 fully saturated rings. The van der Waals surface area contributed by atoms with Crippen LogP contribution in [0, 0.1) is 0 Å². The molecule has 20 heavy (non-hydrogen) atoms. The summed E-state index contributed by atoms with van der Waals surface area (Å²) >= 11 is 0. The molecule has 2 aromatic rings. The summed E-state index contributed by atoms with van der Waals surface area (Å²) in [6.45, 7) is 4.39. The van der Waals surface area contributed by atoms with E-state index in [0.717, 1.165) is 10.9 Å². The first-order valence-corrected chi connectivity index (χ1v) is 6.55. The number of nitrogens with zero attached hydrogens (tertiary/aromatic N) is 1. The molecule has 2 rings (SSSR count). The third-order valence-corrected chi connectivity index (χ3v) is 3.14. The van der Waals surface area contributed by atoms with Gasteiger partial charge in [0, 0.05) is 24.5 Å². The summed E-state index contributed by atoms with van der Waals surface area (Å²) < 4.78 is 7.38. The highest BCUT2D eigenvalue weighted by atomic mass is 16.5. The van der Waals surface area contributed by atoms with E-state index >= 15 is 0 Å². The van der Waals surface area contributed by atoms with Crippen molar-refractivity contribution in [2.24, 2.45) is 5.73 Å². The van der Waals surface area contributed by atoms with E-state index < -0.39 is 5.54 Å². The summed E-state index contributed by atoms with van der Waals surface area (Å²) in [5.74, 6) is 0.409. The number of fused-ring (bicyclic) bond motifs is 1. The van der Waals surface area contributed by atoms with Gasteiger partial charge in [-0.1, -0.05) is 12.1 Å². The standard InChI is InChI=1S/C15H21N3O2/c1-15(2,16)9-18-11-8-6-5-7-10(11)13(20-4)12(18)14(19)17-3/h5-8H,9,16H2,1-4H3,(H,17,19). The van der Waals surface area contributed by atoms with E-state index in [4.69, 9.17) is 10.5 Å². The number of carbonyl (C=O) groups excluding carboxylic acids is 1. The predicted molar refractivity (Wildman–Crippen MR) is 80.1 cm³/mol. The van der Waals surface area contributed by atoms with Crippen molar-refractivity contribution < 1.29 is 9.53 Å². The van der Waals surface area contributed by atoms with Crippen LogP contribution in [-0.2, 0) is 6.54 Å². The van der Waals surface area contributed by atoms with Gasteiger partial charge in [0.1, 0.15) is 0 Å². The molecule has 3 N–H and O–H groups in total. The van der Waals surface area contributed by atoms with E-state index in [9.17, 15) is 4.79 Å². The normalized spacial score (nSPS) is 11.7. The molecular weight excluding hydrogens is 254 g/mol. The van der Waals surface area contributed by atoms with Crippen LogP contribution < -0.4 is 15.8 Å². The predicted octanol–water partition coefficient (Wildman–Crippen LogP) is 1.75. The lowest BCUT2D eigenvalue weighted by atomic mass is 10.1. The summed E-state index contributed by atoms with van der Waals surface area (Å²) in [6, 6.07) is 7.78. The molecule has 0 aliphatic heterocycles. The van der Waals surface area contributed by atoms with E-state index in [0.29, 0.717) is 18.0 Å². The summed E-state index contributed by atoms with van der Waals surface area (Å²) in [7, 11) is 3.18. The molecule has 1 aromatic heterocycles. The fourth-order valence-electron chi connectivity index (χ4n) is 2.39. The van der Waals surface area contributed by atoms with E-state index in [1.165, 1.54) is 0 Å². The maximum atomic E-state index is 12.2. The van der Waals surface area contributed by atoms with Crippen LogP contribution in [0.15, 0.2) is 24.3 Å². The van der Waals surface area contributed by atoms with E-state index in [1.807, 2.05) is 42.7 Å². The van der Waals surface area contributed by atoms with Crippen molar-refractivity contribution >= 4 is 16.8 Å². The monoisotopic (exact) mass is 275 g/mol. The molecule has 0 aliphatic rings. The number of nitrogens with two attached hydrogens (primary N) is 1. The molecule has 5 heteroatoms. The van der Waals surface area contributed by atoms with Gasteiger partial charge < -0.3 is 20.4 Å². The molecule has 0 aliphatic carbocycles. The van der Waals surface area contributed by atoms with Crippen LogP contribution in [0.4, 0.5) is 0 Å². The Labute approximate surface area is 118 Å². The molecule has 0 saturated heterocycles. The lowest BCUT2D eigenvalue weighted by molar-refractivity contribution is 0.0950. The Bertz CT molecular complexity index is 638. The van der Waals surface area contributed by atoms with Gasteiger partial charge in [-0.15, -0.1) is 0 Å². The lowest BCUT2D eigenvalue weighted by Gasteiger charge is -2.21. The van der Waals surface area contributed by atoms with Crippen molar-refractivity contribution in [3.63, 3.8) is 0 Å². The molecule has 0 saturated carbocycles. The van der Waals surface area contributed by atoms with Crippen LogP contribution >= 0.6 is 0 Å². The highest BCUT2D eigenvalue weighted by Crippen LogP contribution is 2.33. The Balaban J connectivity index is 2.77. The number of hydrogen-bond donors (Lipinski definition) is 2. The molecule has 1 aromatic carbocycles. The number of para-hydroxylation sites is 1. The Morgan fingerprint density at radius 2 is 2.05 bits per heavy atom. The minimum absolute atomic E-state index is 0.178. The summed E-state index contributed by atoms with van der Waals surface area (Å²) in [4.78, 5) is 12.2. The summed E-state index contributed by atoms with van der Waals surface area (Å²) in [5.41, 5.74) is 7.15. The molecule has 5 nitrogen and oxygen atoms in total. The van der Waals surface area contributed by atoms with Crippen LogP contribution in [0.5, 0.6) is 5.75 Å². The fraction of sp³-hybridized carbons (Fsp3) is 0.400. The van der Waals surface area contributed by atoms with Crippen LogP contribution in [0.25, 0.3) is 10.9 Å². The SMILES string of the molecule is CNC(=O)c1c(OC)c2ccccc2n1CC(C)(C)N. The van der Waals surface area contributed by atoms with E-state index in [1.54, 1.807) is 14.2 Å². The average Bonchev–Trinajstić information content (AvgIpc) is 2.70. The molecule has 0 atom stereocenters. The molecular formula is C15H21N3O2. The van der Waals surface area contributed by atoms with Gasteiger partial charge in [0.2, 0.25) is 0 Å². The quantitative estimate of drug-likeness (QED) is 0.893. The van der Waals surface area contributed by atoms with Gasteiger partial charge in [-0.2, -0.15) is 0 Å². The first kappa shape index (κ1) is 14.4. The number of aromatic nitrogens is 1. The molecule has 0 unspecified atom stereocenters. The van der Waals surface area contributed by atoms with Crippen LogP contribution in [0.1, 0.15) is 24.3 Å². The average molecular weight is 275 g/mol. The van der Waals surface area contributed by atoms with Gasteiger partial charge in [-0.3, -0.25) is 4.79 Å². The van der Waals surface area contributed by atoms with Crippen molar-refractivity contribution in [1.29, 1.82) is 0 Å². The van der Waals surface area contributed by atoms with Crippen molar-refractivity contribution in [2.75, 3.05) is 14.2 Å². The molecule has 0 radical (unpaired) electrons. The second-order valence-electron chi connectivity index (χ2n) is 5.55. The minimum atomic E-state index is -0.435. The molecule has 1 amide bonds. The smallest absolute Gasteiger partial charge is 0.271 e. The van der Waals surface area contributed by atoms with Gasteiger partial charge >= 0.3 is 0 Å². The van der Waals surface area contributed by atoms with Gasteiger partial charge in [0.05, 0.1) is 12.6 Å². The maximum absolute atomic E-state index is 12.2. The summed E-state index contributed by atoms with van der Waals surface area (Å²) in [5, 5.41) is 3.58. The van der Waals surface area contributed by atoms with Gasteiger partial charge in [-0.05, 0) is 26.0 Å². The second kappa shape index (κ2) is 5.17. The number of nitrogens with one attached hydrogen (secondary N) is 1. The maximum Gasteiger partial charge on any atom is 0.271 e. The third kappa shape index (κ3) is 2.49. The minimum Gasteiger partial charge on any atom is -0.494 e. The highest BCUT2D eigenvalue weighted by Gasteiger charge is 2.25. The van der Waals surface area contributed by atoms with Gasteiger partial charge in [0.15, 0.2) is 11.4 Å². The molecule has 108 valence electrons. The number of amides is 1. The van der Waals surface area contributed by atoms with Crippen molar-refractivity contribution in [2.45, 2.75) is 25.9 Å². The molecule has 0 bridgehead atoms. The van der Waals surface area contributed by atoms with Gasteiger partial charge in [-0.25, -0.2) is 0 Å². The Hall–Kier alpha value is -2.01. The Morgan fingerprint density at radius 3 is 2.60 bits per heavy atom. The number of hydrogen-bond acceptors (Lipinski definition) is 3. The van der Waals surface area contributed by atoms with Crippen molar-refractivity contribution in [3.8, 4) is 5.75 Å². The first-order valence-electron chi connectivity index (χ1n) is 6.55. The Morgan fingerprint density at radius 1 is 1.40 bits per heavy atom. The lowest BCUT2D eigenvalue weighted by Crippen LogP contribution is -2.38. The van der Waals surface area contributed by atoms with Crippen LogP contribution in [0.2, 0.25) is 0 Å². The fourth-order valence-corrected chi connectivity index (χ4v) is 2.39. The van der Waals surface area contributed by atoms with Crippen LogP contribution in [0.3, 0.4) is 0 Å². The number of rotatable bonds is 4. The molecule has 0 spiro atoms. The van der Waals surface area contributed by atoms with Gasteiger partial charge in [0.25, 0.3) is 5.91 Å². The van der Waals surface area contributed by atoms with Crippen LogP contribution in [-0.4, -0.2) is 30.2 Å². The van der Waals surface area contributed by atoms with Crippen molar-refractivity contribution in [1.82, 2.24) is 9.88 Å². The van der Waals surface area contributed by atoms with E-state index in [-0.39, 0.29) is 5.91 Å². The first-order chi connectivity index (χ1) is 9.39. The topological polar surface area (TPSA) is 69.3 Å².